The maximum absolute atomic E-state index is 12.7. The fourth-order valence-corrected chi connectivity index (χ4v) is 1.23. The summed E-state index contributed by atoms with van der Waals surface area (Å²) in [7, 11) is 0. The first-order valence-electron chi connectivity index (χ1n) is 3.08. The Morgan fingerprint density at radius 1 is 1.27 bits per heavy atom. The zero-order valence-electron chi connectivity index (χ0n) is 5.70. The molecule has 1 rings (SSSR count). The van der Waals surface area contributed by atoms with Crippen LogP contribution in [0, 0.1) is 12.7 Å². The molecule has 0 nitrogen and oxygen atoms in total. The van der Waals surface area contributed by atoms with Crippen molar-refractivity contribution in [2.75, 3.05) is 0 Å². The highest BCUT2D eigenvalue weighted by Crippen LogP contribution is 2.24. The average molecular weight is 192 g/mol. The predicted octanol–water partition coefficient (Wildman–Crippen LogP) is 3.51. The molecule has 0 unspecified atom stereocenters. The third-order valence-electron chi connectivity index (χ3n) is 1.36. The SMILES string of the molecule is [CH2]Cc1cc(F)c(Cl)cc1Cl. The van der Waals surface area contributed by atoms with E-state index in [2.05, 4.69) is 6.92 Å². The minimum absolute atomic E-state index is 0.0483. The van der Waals surface area contributed by atoms with Crippen molar-refractivity contribution in [1.82, 2.24) is 0 Å². The van der Waals surface area contributed by atoms with E-state index in [-0.39, 0.29) is 5.02 Å². The molecule has 0 aliphatic carbocycles. The first-order chi connectivity index (χ1) is 5.15. The quantitative estimate of drug-likeness (QED) is 0.597. The zero-order chi connectivity index (χ0) is 8.43. The largest absolute Gasteiger partial charge is 0.205 e. The highest BCUT2D eigenvalue weighted by Gasteiger charge is 2.04. The smallest absolute Gasteiger partial charge is 0.142 e. The molecule has 1 aromatic carbocycles. The van der Waals surface area contributed by atoms with Gasteiger partial charge in [0.1, 0.15) is 5.82 Å². The van der Waals surface area contributed by atoms with Crippen LogP contribution in [0.15, 0.2) is 12.1 Å². The molecule has 0 atom stereocenters. The standard InChI is InChI=1S/C8H6Cl2F/c1-2-5-3-8(11)7(10)4-6(5)9/h3-4H,1-2H2. The van der Waals surface area contributed by atoms with Gasteiger partial charge in [-0.15, -0.1) is 0 Å². The lowest BCUT2D eigenvalue weighted by Gasteiger charge is -2.01. The molecular weight excluding hydrogens is 186 g/mol. The second kappa shape index (κ2) is 3.42. The van der Waals surface area contributed by atoms with E-state index in [1.54, 1.807) is 0 Å². The Bertz CT molecular complexity index is 271. The van der Waals surface area contributed by atoms with Gasteiger partial charge in [-0.25, -0.2) is 4.39 Å². The first-order valence-corrected chi connectivity index (χ1v) is 3.83. The molecule has 3 heteroatoms. The molecule has 0 amide bonds. The van der Waals surface area contributed by atoms with E-state index in [4.69, 9.17) is 23.2 Å². The van der Waals surface area contributed by atoms with Gasteiger partial charge >= 0.3 is 0 Å². The molecule has 0 bridgehead atoms. The maximum Gasteiger partial charge on any atom is 0.142 e. The van der Waals surface area contributed by atoms with Crippen LogP contribution in [0.25, 0.3) is 0 Å². The number of rotatable bonds is 1. The third kappa shape index (κ3) is 1.85. The van der Waals surface area contributed by atoms with Gasteiger partial charge in [0.15, 0.2) is 0 Å². The van der Waals surface area contributed by atoms with Crippen LogP contribution in [0.5, 0.6) is 0 Å². The minimum Gasteiger partial charge on any atom is -0.205 e. The highest BCUT2D eigenvalue weighted by molar-refractivity contribution is 6.35. The monoisotopic (exact) mass is 191 g/mol. The fourth-order valence-electron chi connectivity index (χ4n) is 0.755. The third-order valence-corrected chi connectivity index (χ3v) is 2.00. The summed E-state index contributed by atoms with van der Waals surface area (Å²) in [4.78, 5) is 0. The number of hydrogen-bond donors (Lipinski definition) is 0. The van der Waals surface area contributed by atoms with E-state index < -0.39 is 5.82 Å². The molecule has 0 aliphatic heterocycles. The van der Waals surface area contributed by atoms with Crippen LogP contribution in [0.2, 0.25) is 10.0 Å². The molecule has 0 N–H and O–H groups in total. The van der Waals surface area contributed by atoms with Gasteiger partial charge in [0, 0.05) is 5.02 Å². The molecule has 0 heterocycles. The van der Waals surface area contributed by atoms with Crippen molar-refractivity contribution in [2.24, 2.45) is 0 Å². The van der Waals surface area contributed by atoms with Gasteiger partial charge < -0.3 is 0 Å². The summed E-state index contributed by atoms with van der Waals surface area (Å²) in [5.41, 5.74) is 0.675. The Balaban J connectivity index is 3.21. The number of hydrogen-bond acceptors (Lipinski definition) is 0. The van der Waals surface area contributed by atoms with E-state index in [0.717, 1.165) is 0 Å². The Morgan fingerprint density at radius 2 is 1.91 bits per heavy atom. The van der Waals surface area contributed by atoms with Gasteiger partial charge in [-0.05, 0) is 31.0 Å². The number of halogens is 3. The zero-order valence-corrected chi connectivity index (χ0v) is 7.21. The van der Waals surface area contributed by atoms with Crippen LogP contribution in [0.1, 0.15) is 5.56 Å². The minimum atomic E-state index is -0.449. The summed E-state index contributed by atoms with van der Waals surface area (Å²) in [5.74, 6) is -0.449. The van der Waals surface area contributed by atoms with Crippen molar-refractivity contribution in [3.05, 3.63) is 40.5 Å². The average Bonchev–Trinajstić information content (AvgIpc) is 1.97. The van der Waals surface area contributed by atoms with E-state index in [0.29, 0.717) is 17.0 Å². The van der Waals surface area contributed by atoms with Crippen LogP contribution in [0.4, 0.5) is 4.39 Å². The Labute approximate surface area is 74.9 Å². The summed E-state index contributed by atoms with van der Waals surface area (Å²) in [5, 5.41) is 0.513. The Hall–Kier alpha value is -0.270. The lowest BCUT2D eigenvalue weighted by molar-refractivity contribution is 0.626. The predicted molar refractivity (Wildman–Crippen MR) is 45.5 cm³/mol. The van der Waals surface area contributed by atoms with Gasteiger partial charge in [0.05, 0.1) is 5.02 Å². The van der Waals surface area contributed by atoms with Crippen LogP contribution >= 0.6 is 23.2 Å². The van der Waals surface area contributed by atoms with E-state index >= 15 is 0 Å². The highest BCUT2D eigenvalue weighted by atomic mass is 35.5. The van der Waals surface area contributed by atoms with Crippen molar-refractivity contribution in [2.45, 2.75) is 6.42 Å². The molecule has 11 heavy (non-hydrogen) atoms. The van der Waals surface area contributed by atoms with Gasteiger partial charge in [-0.2, -0.15) is 0 Å². The lowest BCUT2D eigenvalue weighted by atomic mass is 10.2. The molecular formula is C8H6Cl2F. The number of benzene rings is 1. The molecule has 1 radical (unpaired) electrons. The molecule has 0 fully saturated rings. The fraction of sp³-hybridized carbons (Fsp3) is 0.125. The van der Waals surface area contributed by atoms with Gasteiger partial charge in [0.25, 0.3) is 0 Å². The van der Waals surface area contributed by atoms with E-state index in [1.165, 1.54) is 12.1 Å². The Morgan fingerprint density at radius 3 is 2.45 bits per heavy atom. The summed E-state index contributed by atoms with van der Waals surface area (Å²) in [6, 6.07) is 2.69. The molecule has 0 aromatic heterocycles. The van der Waals surface area contributed by atoms with Crippen molar-refractivity contribution in [3.8, 4) is 0 Å². The molecule has 0 aliphatic rings. The van der Waals surface area contributed by atoms with Crippen molar-refractivity contribution < 1.29 is 4.39 Å². The van der Waals surface area contributed by atoms with E-state index in [1.807, 2.05) is 0 Å². The topological polar surface area (TPSA) is 0 Å². The second-order valence-electron chi connectivity index (χ2n) is 2.11. The van der Waals surface area contributed by atoms with Gasteiger partial charge in [-0.3, -0.25) is 0 Å². The van der Waals surface area contributed by atoms with Crippen LogP contribution in [0.3, 0.4) is 0 Å². The summed E-state index contributed by atoms with van der Waals surface area (Å²) in [6.07, 6.45) is 0.465. The van der Waals surface area contributed by atoms with Crippen molar-refractivity contribution >= 4 is 23.2 Å². The first kappa shape index (κ1) is 8.82. The summed E-state index contributed by atoms with van der Waals surface area (Å²) in [6.45, 7) is 3.59. The van der Waals surface area contributed by atoms with Crippen molar-refractivity contribution in [1.29, 1.82) is 0 Å². The van der Waals surface area contributed by atoms with Gasteiger partial charge in [-0.1, -0.05) is 23.2 Å². The maximum atomic E-state index is 12.7. The van der Waals surface area contributed by atoms with Crippen LogP contribution < -0.4 is 0 Å². The molecule has 1 aromatic rings. The molecule has 0 saturated carbocycles. The van der Waals surface area contributed by atoms with Crippen LogP contribution in [-0.4, -0.2) is 0 Å². The summed E-state index contributed by atoms with van der Waals surface area (Å²) < 4.78 is 12.7. The van der Waals surface area contributed by atoms with Crippen molar-refractivity contribution in [3.63, 3.8) is 0 Å². The Kier molecular flexibility index (Phi) is 2.74. The molecule has 0 saturated heterocycles. The normalized spacial score (nSPS) is 10.2. The lowest BCUT2D eigenvalue weighted by Crippen LogP contribution is -1.85. The second-order valence-corrected chi connectivity index (χ2v) is 2.92. The van der Waals surface area contributed by atoms with Crippen LogP contribution in [-0.2, 0) is 6.42 Å². The van der Waals surface area contributed by atoms with E-state index in [9.17, 15) is 4.39 Å². The molecule has 59 valence electrons. The van der Waals surface area contributed by atoms with Gasteiger partial charge in [0.2, 0.25) is 0 Å². The molecule has 0 spiro atoms. The summed E-state index contributed by atoms with van der Waals surface area (Å²) >= 11 is 11.2.